The third kappa shape index (κ3) is 2.54. The molecule has 1 fully saturated rings. The summed E-state index contributed by atoms with van der Waals surface area (Å²) in [6.45, 7) is 1.40. The molecule has 1 saturated heterocycles. The van der Waals surface area contributed by atoms with E-state index in [0.717, 1.165) is 0 Å². The molecular formula is C12H10N2O3S. The van der Waals surface area contributed by atoms with Gasteiger partial charge in [-0.05, 0) is 24.4 Å². The summed E-state index contributed by atoms with van der Waals surface area (Å²) in [4.78, 5) is 24.3. The number of benzene rings is 1. The molecule has 2 rings (SSSR count). The molecule has 5 nitrogen and oxygen atoms in total. The Bertz CT molecular complexity index is 540. The standard InChI is InChI=1S/C12H10N2O3S/c1-8(15)14(9-5-3-2-4-6-9)7-10-11(16)13-12(18)17-10/h2-7H,1H3,(H,13,16,18). The minimum Gasteiger partial charge on any atom is -0.424 e. The maximum Gasteiger partial charge on any atom is 0.296 e. The Labute approximate surface area is 109 Å². The number of carbonyl (C=O) groups is 2. The largest absolute Gasteiger partial charge is 0.424 e. The Hall–Kier alpha value is -2.21. The fourth-order valence-corrected chi connectivity index (χ4v) is 1.65. The van der Waals surface area contributed by atoms with Crippen molar-refractivity contribution >= 4 is 34.9 Å². The molecule has 1 aromatic carbocycles. The highest BCUT2D eigenvalue weighted by atomic mass is 32.1. The number of carbonyl (C=O) groups excluding carboxylic acids is 2. The van der Waals surface area contributed by atoms with Crippen LogP contribution in [0.5, 0.6) is 0 Å². The van der Waals surface area contributed by atoms with E-state index in [2.05, 4.69) is 5.32 Å². The smallest absolute Gasteiger partial charge is 0.296 e. The highest BCUT2D eigenvalue weighted by molar-refractivity contribution is 7.80. The molecule has 0 aromatic heterocycles. The Morgan fingerprint density at radius 2 is 2.06 bits per heavy atom. The van der Waals surface area contributed by atoms with Crippen molar-refractivity contribution in [3.63, 3.8) is 0 Å². The van der Waals surface area contributed by atoms with Gasteiger partial charge in [0.05, 0.1) is 6.20 Å². The Morgan fingerprint density at radius 3 is 2.56 bits per heavy atom. The molecule has 0 aliphatic carbocycles. The van der Waals surface area contributed by atoms with Gasteiger partial charge in [-0.1, -0.05) is 18.2 Å². The zero-order chi connectivity index (χ0) is 13.1. The second-order valence-corrected chi connectivity index (χ2v) is 3.93. The van der Waals surface area contributed by atoms with Crippen LogP contribution >= 0.6 is 12.2 Å². The van der Waals surface area contributed by atoms with E-state index >= 15 is 0 Å². The van der Waals surface area contributed by atoms with Crippen LogP contribution < -0.4 is 10.2 Å². The molecular weight excluding hydrogens is 252 g/mol. The molecule has 18 heavy (non-hydrogen) atoms. The van der Waals surface area contributed by atoms with Crippen molar-refractivity contribution in [1.82, 2.24) is 5.32 Å². The zero-order valence-corrected chi connectivity index (χ0v) is 10.4. The molecule has 0 saturated carbocycles. The van der Waals surface area contributed by atoms with Crippen LogP contribution in [0.25, 0.3) is 0 Å². The van der Waals surface area contributed by atoms with Crippen LogP contribution in [0.3, 0.4) is 0 Å². The number of para-hydroxylation sites is 1. The van der Waals surface area contributed by atoms with E-state index in [1.54, 1.807) is 24.3 Å². The first kappa shape index (κ1) is 12.3. The van der Waals surface area contributed by atoms with Crippen molar-refractivity contribution in [2.24, 2.45) is 0 Å². The number of nitrogens with one attached hydrogen (secondary N) is 1. The summed E-state index contributed by atoms with van der Waals surface area (Å²) in [5, 5.41) is 2.32. The molecule has 6 heteroatoms. The van der Waals surface area contributed by atoms with E-state index in [4.69, 9.17) is 17.0 Å². The van der Waals surface area contributed by atoms with Crippen LogP contribution in [-0.4, -0.2) is 17.0 Å². The first-order chi connectivity index (χ1) is 8.58. The predicted molar refractivity (Wildman–Crippen MR) is 69.5 cm³/mol. The van der Waals surface area contributed by atoms with E-state index in [0.29, 0.717) is 5.69 Å². The van der Waals surface area contributed by atoms with Gasteiger partial charge in [-0.3, -0.25) is 19.8 Å². The van der Waals surface area contributed by atoms with E-state index < -0.39 is 5.91 Å². The highest BCUT2D eigenvalue weighted by Crippen LogP contribution is 2.17. The second kappa shape index (κ2) is 4.97. The summed E-state index contributed by atoms with van der Waals surface area (Å²) in [6.07, 6.45) is 1.33. The SMILES string of the molecule is CC(=O)N(C=C1OC(=S)NC1=O)c1ccccc1. The van der Waals surface area contributed by atoms with Crippen LogP contribution in [0.15, 0.2) is 42.3 Å². The molecule has 92 valence electrons. The third-order valence-corrected chi connectivity index (χ3v) is 2.45. The van der Waals surface area contributed by atoms with E-state index in [1.807, 2.05) is 6.07 Å². The molecule has 0 spiro atoms. The quantitative estimate of drug-likeness (QED) is 0.645. The number of nitrogens with zero attached hydrogens (tertiary/aromatic N) is 1. The molecule has 0 radical (unpaired) electrons. The van der Waals surface area contributed by atoms with Gasteiger partial charge in [0.1, 0.15) is 0 Å². The van der Waals surface area contributed by atoms with Gasteiger partial charge in [0.25, 0.3) is 11.1 Å². The Kier molecular flexibility index (Phi) is 3.38. The molecule has 0 unspecified atom stereocenters. The first-order valence-electron chi connectivity index (χ1n) is 5.18. The molecule has 1 aliphatic rings. The predicted octanol–water partition coefficient (Wildman–Crippen LogP) is 1.31. The van der Waals surface area contributed by atoms with Gasteiger partial charge < -0.3 is 4.74 Å². The van der Waals surface area contributed by atoms with E-state index in [-0.39, 0.29) is 16.8 Å². The lowest BCUT2D eigenvalue weighted by Gasteiger charge is -2.16. The lowest BCUT2D eigenvalue weighted by molar-refractivity contribution is -0.116. The summed E-state index contributed by atoms with van der Waals surface area (Å²) in [5.74, 6) is -0.691. The van der Waals surface area contributed by atoms with Crippen LogP contribution in [0.4, 0.5) is 5.69 Å². The zero-order valence-electron chi connectivity index (χ0n) is 9.54. The Morgan fingerprint density at radius 1 is 1.39 bits per heavy atom. The summed E-state index contributed by atoms with van der Waals surface area (Å²) < 4.78 is 5.01. The lowest BCUT2D eigenvalue weighted by atomic mass is 10.3. The molecule has 2 amide bonds. The van der Waals surface area contributed by atoms with Crippen molar-refractivity contribution in [3.05, 3.63) is 42.3 Å². The number of amides is 2. The second-order valence-electron chi connectivity index (χ2n) is 3.56. The summed E-state index contributed by atoms with van der Waals surface area (Å²) in [6, 6.07) is 8.93. The van der Waals surface area contributed by atoms with Crippen LogP contribution in [-0.2, 0) is 14.3 Å². The van der Waals surface area contributed by atoms with Crippen molar-refractivity contribution < 1.29 is 14.3 Å². The minimum atomic E-state index is -0.456. The fourth-order valence-electron chi connectivity index (χ4n) is 1.46. The number of anilines is 1. The van der Waals surface area contributed by atoms with Crippen LogP contribution in [0.2, 0.25) is 0 Å². The average Bonchev–Trinajstić information content (AvgIpc) is 2.65. The number of rotatable bonds is 2. The molecule has 1 aromatic rings. The Balaban J connectivity index is 2.33. The maximum absolute atomic E-state index is 11.6. The molecule has 0 bridgehead atoms. The minimum absolute atomic E-state index is 0.000877. The lowest BCUT2D eigenvalue weighted by Crippen LogP contribution is -2.24. The third-order valence-electron chi connectivity index (χ3n) is 2.26. The number of thiocarbonyl (C=S) groups is 1. The first-order valence-corrected chi connectivity index (χ1v) is 5.58. The molecule has 1 heterocycles. The van der Waals surface area contributed by atoms with Gasteiger partial charge in [0.15, 0.2) is 0 Å². The van der Waals surface area contributed by atoms with Crippen molar-refractivity contribution in [1.29, 1.82) is 0 Å². The fraction of sp³-hybridized carbons (Fsp3) is 0.0833. The molecule has 1 N–H and O–H groups in total. The highest BCUT2D eigenvalue weighted by Gasteiger charge is 2.25. The van der Waals surface area contributed by atoms with E-state index in [9.17, 15) is 9.59 Å². The summed E-state index contributed by atoms with van der Waals surface area (Å²) in [7, 11) is 0. The van der Waals surface area contributed by atoms with Crippen molar-refractivity contribution in [2.75, 3.05) is 4.90 Å². The van der Waals surface area contributed by atoms with Gasteiger partial charge in [0.2, 0.25) is 11.7 Å². The molecule has 0 atom stereocenters. The maximum atomic E-state index is 11.6. The van der Waals surface area contributed by atoms with Crippen LogP contribution in [0, 0.1) is 0 Å². The molecule has 1 aliphatic heterocycles. The van der Waals surface area contributed by atoms with Gasteiger partial charge >= 0.3 is 0 Å². The van der Waals surface area contributed by atoms with Gasteiger partial charge in [-0.2, -0.15) is 0 Å². The van der Waals surface area contributed by atoms with Crippen molar-refractivity contribution in [2.45, 2.75) is 6.92 Å². The summed E-state index contributed by atoms with van der Waals surface area (Å²) in [5.41, 5.74) is 0.645. The number of ether oxygens (including phenoxy) is 1. The van der Waals surface area contributed by atoms with Crippen molar-refractivity contribution in [3.8, 4) is 0 Å². The monoisotopic (exact) mass is 262 g/mol. The topological polar surface area (TPSA) is 58.6 Å². The van der Waals surface area contributed by atoms with Gasteiger partial charge in [0, 0.05) is 12.6 Å². The van der Waals surface area contributed by atoms with Gasteiger partial charge in [-0.25, -0.2) is 0 Å². The number of hydrogen-bond acceptors (Lipinski definition) is 4. The summed E-state index contributed by atoms with van der Waals surface area (Å²) >= 11 is 4.71. The average molecular weight is 262 g/mol. The normalized spacial score (nSPS) is 16.4. The van der Waals surface area contributed by atoms with E-state index in [1.165, 1.54) is 18.0 Å². The number of hydrogen-bond donors (Lipinski definition) is 1. The van der Waals surface area contributed by atoms with Gasteiger partial charge in [-0.15, -0.1) is 0 Å². The van der Waals surface area contributed by atoms with Crippen LogP contribution in [0.1, 0.15) is 6.92 Å².